The molecule has 26 heavy (non-hydrogen) atoms. The Bertz CT molecular complexity index is 822. The number of rotatable bonds is 6. The fraction of sp³-hybridized carbons (Fsp3) is 0.412. The molecule has 0 saturated carbocycles. The van der Waals surface area contributed by atoms with Crippen LogP contribution in [0.15, 0.2) is 28.8 Å². The van der Waals surface area contributed by atoms with E-state index < -0.39 is 23.3 Å². The highest BCUT2D eigenvalue weighted by Gasteiger charge is 2.49. The van der Waals surface area contributed by atoms with Gasteiger partial charge in [-0.3, -0.25) is 9.69 Å². The number of nitrogens with one attached hydrogen (secondary N) is 2. The van der Waals surface area contributed by atoms with Gasteiger partial charge in [-0.25, -0.2) is 9.18 Å². The molecule has 1 aromatic carbocycles. The lowest BCUT2D eigenvalue weighted by Gasteiger charge is -2.21. The summed E-state index contributed by atoms with van der Waals surface area (Å²) in [5.41, 5.74) is -0.775. The van der Waals surface area contributed by atoms with Gasteiger partial charge in [-0.2, -0.15) is 4.98 Å². The first-order valence-corrected chi connectivity index (χ1v) is 8.22. The van der Waals surface area contributed by atoms with Crippen LogP contribution in [-0.2, 0) is 23.3 Å². The molecule has 9 heteroatoms. The Morgan fingerprint density at radius 1 is 1.35 bits per heavy atom. The zero-order chi connectivity index (χ0) is 18.9. The van der Waals surface area contributed by atoms with Crippen LogP contribution in [0.3, 0.4) is 0 Å². The third kappa shape index (κ3) is 3.30. The van der Waals surface area contributed by atoms with E-state index in [9.17, 15) is 14.0 Å². The molecule has 2 N–H and O–H groups in total. The Morgan fingerprint density at radius 3 is 2.69 bits per heavy atom. The highest BCUT2D eigenvalue weighted by molar-refractivity contribution is 6.07. The van der Waals surface area contributed by atoms with Crippen LogP contribution < -0.4 is 10.6 Å². The first-order valence-electron chi connectivity index (χ1n) is 8.22. The molecule has 2 aromatic rings. The summed E-state index contributed by atoms with van der Waals surface area (Å²) in [6, 6.07) is 5.04. The summed E-state index contributed by atoms with van der Waals surface area (Å²) in [5.74, 6) is -0.206. The molecule has 1 aromatic heterocycles. The molecule has 3 rings (SSSR count). The largest absolute Gasteiger partial charge is 0.337 e. The molecule has 3 amide bonds. The maximum Gasteiger partial charge on any atom is 0.325 e. The van der Waals surface area contributed by atoms with Crippen LogP contribution >= 0.6 is 0 Å². The second kappa shape index (κ2) is 6.83. The minimum Gasteiger partial charge on any atom is -0.337 e. The molecule has 1 saturated heterocycles. The van der Waals surface area contributed by atoms with Crippen molar-refractivity contribution in [3.63, 3.8) is 0 Å². The first kappa shape index (κ1) is 18.0. The fourth-order valence-corrected chi connectivity index (χ4v) is 2.77. The summed E-state index contributed by atoms with van der Waals surface area (Å²) in [5, 5.41) is 9.58. The Balaban J connectivity index is 1.76. The van der Waals surface area contributed by atoms with E-state index in [1.54, 1.807) is 6.92 Å². The van der Waals surface area contributed by atoms with Gasteiger partial charge in [0, 0.05) is 12.5 Å². The van der Waals surface area contributed by atoms with E-state index in [-0.39, 0.29) is 18.5 Å². The van der Waals surface area contributed by atoms with E-state index in [2.05, 4.69) is 20.8 Å². The second-order valence-corrected chi connectivity index (χ2v) is 6.45. The smallest absolute Gasteiger partial charge is 0.325 e. The van der Waals surface area contributed by atoms with Crippen molar-refractivity contribution in [1.82, 2.24) is 25.7 Å². The minimum absolute atomic E-state index is 0.123. The van der Waals surface area contributed by atoms with Crippen LogP contribution in [-0.4, -0.2) is 40.1 Å². The molecule has 2 atom stereocenters. The number of halogens is 1. The lowest BCUT2D eigenvalue weighted by atomic mass is 9.92. The summed E-state index contributed by atoms with van der Waals surface area (Å²) in [4.78, 5) is 30.3. The van der Waals surface area contributed by atoms with Gasteiger partial charge in [-0.1, -0.05) is 17.3 Å². The highest BCUT2D eigenvalue weighted by Crippen LogP contribution is 2.29. The zero-order valence-corrected chi connectivity index (χ0v) is 14.7. The summed E-state index contributed by atoms with van der Waals surface area (Å²) in [7, 11) is 1.83. The van der Waals surface area contributed by atoms with Crippen LogP contribution in [0.2, 0.25) is 0 Å². The minimum atomic E-state index is -1.27. The number of amides is 3. The number of hydrogen-bond acceptors (Lipinski definition) is 6. The number of hydrogen-bond donors (Lipinski definition) is 2. The summed E-state index contributed by atoms with van der Waals surface area (Å²) in [6.45, 7) is 3.43. The van der Waals surface area contributed by atoms with Crippen LogP contribution in [0.4, 0.5) is 9.18 Å². The van der Waals surface area contributed by atoms with Crippen molar-refractivity contribution in [1.29, 1.82) is 0 Å². The van der Waals surface area contributed by atoms with Crippen LogP contribution in [0.25, 0.3) is 0 Å². The van der Waals surface area contributed by atoms with Gasteiger partial charge in [0.2, 0.25) is 5.89 Å². The van der Waals surface area contributed by atoms with E-state index in [1.807, 2.05) is 14.0 Å². The SMILES string of the molecule is CNC(C)Cc1noc(CN2C(=O)NC(C)(c3ccc(F)cc3)C2=O)n1. The number of likely N-dealkylation sites (N-methyl/N-ethyl adjacent to an activating group) is 1. The standard InChI is InChI=1S/C17H20FN5O3/c1-10(19-3)8-13-20-14(26-22-13)9-23-15(24)17(2,21-16(23)25)11-4-6-12(18)7-5-11/h4-7,10,19H,8-9H2,1-3H3,(H,21,25). The normalized spacial score (nSPS) is 21.2. The van der Waals surface area contributed by atoms with Gasteiger partial charge >= 0.3 is 6.03 Å². The molecule has 2 heterocycles. The summed E-state index contributed by atoms with van der Waals surface area (Å²) in [6.07, 6.45) is 0.563. The van der Waals surface area contributed by atoms with Crippen molar-refractivity contribution in [3.05, 3.63) is 47.4 Å². The van der Waals surface area contributed by atoms with E-state index >= 15 is 0 Å². The van der Waals surface area contributed by atoms with Crippen molar-refractivity contribution in [2.45, 2.75) is 38.4 Å². The van der Waals surface area contributed by atoms with Gasteiger partial charge in [0.05, 0.1) is 0 Å². The predicted molar refractivity (Wildman–Crippen MR) is 89.4 cm³/mol. The second-order valence-electron chi connectivity index (χ2n) is 6.45. The number of urea groups is 1. The number of carbonyl (C=O) groups excluding carboxylic acids is 2. The summed E-state index contributed by atoms with van der Waals surface area (Å²) < 4.78 is 18.3. The molecule has 1 fully saturated rings. The van der Waals surface area contributed by atoms with Crippen LogP contribution in [0.5, 0.6) is 0 Å². The van der Waals surface area contributed by atoms with Crippen molar-refractivity contribution in [2.75, 3.05) is 7.05 Å². The Hall–Kier alpha value is -2.81. The first-order chi connectivity index (χ1) is 12.3. The number of aromatic nitrogens is 2. The van der Waals surface area contributed by atoms with Crippen LogP contribution in [0, 0.1) is 5.82 Å². The maximum atomic E-state index is 13.1. The van der Waals surface area contributed by atoms with Gasteiger partial charge in [-0.15, -0.1) is 0 Å². The number of imide groups is 1. The van der Waals surface area contributed by atoms with Gasteiger partial charge < -0.3 is 15.2 Å². The molecule has 0 spiro atoms. The monoisotopic (exact) mass is 361 g/mol. The number of nitrogens with zero attached hydrogens (tertiary/aromatic N) is 3. The van der Waals surface area contributed by atoms with E-state index in [4.69, 9.17) is 4.52 Å². The van der Waals surface area contributed by atoms with E-state index in [0.29, 0.717) is 17.8 Å². The molecule has 8 nitrogen and oxygen atoms in total. The average Bonchev–Trinajstić information content (AvgIpc) is 3.14. The number of benzene rings is 1. The molecule has 1 aliphatic rings. The van der Waals surface area contributed by atoms with Crippen molar-refractivity contribution in [3.8, 4) is 0 Å². The lowest BCUT2D eigenvalue weighted by molar-refractivity contribution is -0.131. The Morgan fingerprint density at radius 2 is 2.04 bits per heavy atom. The molecular weight excluding hydrogens is 341 g/mol. The maximum absolute atomic E-state index is 13.1. The van der Waals surface area contributed by atoms with Gasteiger partial charge in [0.25, 0.3) is 5.91 Å². The molecular formula is C17H20FN5O3. The topological polar surface area (TPSA) is 100 Å². The lowest BCUT2D eigenvalue weighted by Crippen LogP contribution is -2.40. The molecule has 0 radical (unpaired) electrons. The van der Waals surface area contributed by atoms with Gasteiger partial charge in [-0.05, 0) is 38.6 Å². The van der Waals surface area contributed by atoms with Crippen molar-refractivity contribution in [2.24, 2.45) is 0 Å². The molecule has 1 aliphatic heterocycles. The van der Waals surface area contributed by atoms with Gasteiger partial charge in [0.15, 0.2) is 5.82 Å². The van der Waals surface area contributed by atoms with Crippen molar-refractivity contribution >= 4 is 11.9 Å². The van der Waals surface area contributed by atoms with Crippen molar-refractivity contribution < 1.29 is 18.5 Å². The number of carbonyl (C=O) groups is 2. The zero-order valence-electron chi connectivity index (χ0n) is 14.7. The fourth-order valence-electron chi connectivity index (χ4n) is 2.77. The Kier molecular flexibility index (Phi) is 4.73. The van der Waals surface area contributed by atoms with E-state index in [1.165, 1.54) is 24.3 Å². The molecule has 2 unspecified atom stereocenters. The quantitative estimate of drug-likeness (QED) is 0.753. The average molecular weight is 361 g/mol. The van der Waals surface area contributed by atoms with Crippen LogP contribution in [0.1, 0.15) is 31.1 Å². The Labute approximate surface area is 149 Å². The molecule has 0 aliphatic carbocycles. The predicted octanol–water partition coefficient (Wildman–Crippen LogP) is 1.33. The van der Waals surface area contributed by atoms with E-state index in [0.717, 1.165) is 4.90 Å². The molecule has 0 bridgehead atoms. The summed E-state index contributed by atoms with van der Waals surface area (Å²) >= 11 is 0. The van der Waals surface area contributed by atoms with Gasteiger partial charge in [0.1, 0.15) is 17.9 Å². The third-order valence-corrected chi connectivity index (χ3v) is 4.48. The third-order valence-electron chi connectivity index (χ3n) is 4.48. The molecule has 138 valence electrons. The highest BCUT2D eigenvalue weighted by atomic mass is 19.1.